The Morgan fingerprint density at radius 3 is 2.24 bits per heavy atom. The summed E-state index contributed by atoms with van der Waals surface area (Å²) in [6, 6.07) is 0.707. The molecule has 1 aliphatic carbocycles. The van der Waals surface area contributed by atoms with Crippen LogP contribution in [0.1, 0.15) is 39.5 Å². The van der Waals surface area contributed by atoms with E-state index in [1.54, 1.807) is 7.05 Å². The van der Waals surface area contributed by atoms with Gasteiger partial charge in [0.25, 0.3) is 0 Å². The van der Waals surface area contributed by atoms with Crippen LogP contribution in [0.15, 0.2) is 0 Å². The number of hydrogen-bond donors (Lipinski definition) is 1. The monoisotopic (exact) mass is 293 g/mol. The predicted molar refractivity (Wildman–Crippen MR) is 80.6 cm³/mol. The minimum absolute atomic E-state index is 0.0515. The topological polar surface area (TPSA) is 52.7 Å². The Morgan fingerprint density at radius 2 is 1.76 bits per heavy atom. The van der Waals surface area contributed by atoms with Crippen molar-refractivity contribution in [1.82, 2.24) is 15.1 Å². The number of amides is 2. The van der Waals surface area contributed by atoms with Crippen LogP contribution in [0, 0.1) is 11.8 Å². The lowest BCUT2D eigenvalue weighted by molar-refractivity contribution is -0.137. The SMILES string of the molecule is CC(C)N1CC2CCCC(C1)C2NC1CC(=O)N(C)C1=O. The van der Waals surface area contributed by atoms with Gasteiger partial charge in [-0.05, 0) is 38.5 Å². The Morgan fingerprint density at radius 1 is 1.14 bits per heavy atom. The summed E-state index contributed by atoms with van der Waals surface area (Å²) in [6.07, 6.45) is 4.11. The lowest BCUT2D eigenvalue weighted by Crippen LogP contribution is -2.60. The first kappa shape index (κ1) is 15.0. The summed E-state index contributed by atoms with van der Waals surface area (Å²) in [7, 11) is 1.59. The number of nitrogens with zero attached hydrogens (tertiary/aromatic N) is 2. The molecule has 5 nitrogen and oxygen atoms in total. The molecule has 2 heterocycles. The first-order valence-electron chi connectivity index (χ1n) is 8.28. The van der Waals surface area contributed by atoms with Crippen LogP contribution in [0.3, 0.4) is 0 Å². The highest BCUT2D eigenvalue weighted by Crippen LogP contribution is 2.36. The molecule has 3 unspecified atom stereocenters. The molecule has 1 saturated carbocycles. The van der Waals surface area contributed by atoms with Crippen LogP contribution in [0.2, 0.25) is 0 Å². The van der Waals surface area contributed by atoms with Gasteiger partial charge in [-0.15, -0.1) is 0 Å². The van der Waals surface area contributed by atoms with E-state index < -0.39 is 0 Å². The average molecular weight is 293 g/mol. The Bertz CT molecular complexity index is 423. The molecule has 0 aromatic rings. The fourth-order valence-corrected chi connectivity index (χ4v) is 4.28. The first-order valence-corrected chi connectivity index (χ1v) is 8.28. The van der Waals surface area contributed by atoms with E-state index in [0.717, 1.165) is 13.1 Å². The lowest BCUT2D eigenvalue weighted by atomic mass is 9.73. The van der Waals surface area contributed by atoms with Crippen molar-refractivity contribution in [3.05, 3.63) is 0 Å². The van der Waals surface area contributed by atoms with Crippen LogP contribution in [0.25, 0.3) is 0 Å². The van der Waals surface area contributed by atoms with Gasteiger partial charge in [-0.1, -0.05) is 6.42 Å². The third-order valence-electron chi connectivity index (χ3n) is 5.61. The van der Waals surface area contributed by atoms with Gasteiger partial charge in [0.2, 0.25) is 11.8 Å². The number of likely N-dealkylation sites (tertiary alicyclic amines) is 2. The highest BCUT2D eigenvalue weighted by atomic mass is 16.2. The van der Waals surface area contributed by atoms with Crippen LogP contribution < -0.4 is 5.32 Å². The molecule has 2 saturated heterocycles. The van der Waals surface area contributed by atoms with Gasteiger partial charge in [-0.3, -0.25) is 14.5 Å². The summed E-state index contributed by atoms with van der Waals surface area (Å²) in [5, 5.41) is 3.55. The summed E-state index contributed by atoms with van der Waals surface area (Å²) in [6.45, 7) is 6.77. The van der Waals surface area contributed by atoms with Gasteiger partial charge in [0.1, 0.15) is 0 Å². The maximum atomic E-state index is 12.1. The molecule has 3 atom stereocenters. The third kappa shape index (κ3) is 2.73. The van der Waals surface area contributed by atoms with E-state index in [9.17, 15) is 9.59 Å². The second kappa shape index (κ2) is 5.69. The molecule has 1 N–H and O–H groups in total. The van der Waals surface area contributed by atoms with Gasteiger partial charge in [-0.2, -0.15) is 0 Å². The minimum atomic E-state index is -0.291. The maximum absolute atomic E-state index is 12.1. The van der Waals surface area contributed by atoms with E-state index in [1.807, 2.05) is 0 Å². The summed E-state index contributed by atoms with van der Waals surface area (Å²) in [5.41, 5.74) is 0. The smallest absolute Gasteiger partial charge is 0.246 e. The van der Waals surface area contributed by atoms with Crippen LogP contribution in [0.5, 0.6) is 0 Å². The zero-order valence-corrected chi connectivity index (χ0v) is 13.3. The van der Waals surface area contributed by atoms with Crippen molar-refractivity contribution in [2.24, 2.45) is 11.8 Å². The molecule has 3 aliphatic rings. The van der Waals surface area contributed by atoms with Gasteiger partial charge < -0.3 is 10.2 Å². The molecule has 118 valence electrons. The Labute approximate surface area is 127 Å². The van der Waals surface area contributed by atoms with Crippen LogP contribution in [-0.4, -0.2) is 59.9 Å². The highest BCUT2D eigenvalue weighted by Gasteiger charge is 2.44. The van der Waals surface area contributed by atoms with Crippen LogP contribution in [0.4, 0.5) is 0 Å². The largest absolute Gasteiger partial charge is 0.302 e. The number of piperidine rings is 1. The zero-order valence-electron chi connectivity index (χ0n) is 13.3. The predicted octanol–water partition coefficient (Wildman–Crippen LogP) is 0.842. The molecule has 0 aromatic heterocycles. The molecule has 5 heteroatoms. The van der Waals surface area contributed by atoms with E-state index in [2.05, 4.69) is 24.1 Å². The van der Waals surface area contributed by atoms with Crippen molar-refractivity contribution in [2.45, 2.75) is 57.7 Å². The van der Waals surface area contributed by atoms with Gasteiger partial charge in [-0.25, -0.2) is 0 Å². The van der Waals surface area contributed by atoms with Gasteiger partial charge in [0.05, 0.1) is 12.5 Å². The summed E-state index contributed by atoms with van der Waals surface area (Å²) < 4.78 is 0. The number of carbonyl (C=O) groups excluding carboxylic acids is 2. The normalized spacial score (nSPS) is 37.6. The zero-order chi connectivity index (χ0) is 15.1. The minimum Gasteiger partial charge on any atom is -0.302 e. The first-order chi connectivity index (χ1) is 9.97. The Kier molecular flexibility index (Phi) is 4.06. The summed E-state index contributed by atoms with van der Waals surface area (Å²) in [4.78, 5) is 27.6. The van der Waals surface area contributed by atoms with Crippen LogP contribution >= 0.6 is 0 Å². The molecular weight excluding hydrogens is 266 g/mol. The average Bonchev–Trinajstić information content (AvgIpc) is 2.66. The molecule has 0 aromatic carbocycles. The molecule has 0 spiro atoms. The lowest BCUT2D eigenvalue weighted by Gasteiger charge is -2.49. The van der Waals surface area contributed by atoms with E-state index >= 15 is 0 Å². The number of fused-ring (bicyclic) bond motifs is 2. The fraction of sp³-hybridized carbons (Fsp3) is 0.875. The van der Waals surface area contributed by atoms with Gasteiger partial charge in [0, 0.05) is 32.2 Å². The summed E-state index contributed by atoms with van der Waals surface area (Å²) >= 11 is 0. The number of imide groups is 1. The molecule has 2 bridgehead atoms. The van der Waals surface area contributed by atoms with Crippen molar-refractivity contribution in [3.8, 4) is 0 Å². The van der Waals surface area contributed by atoms with Crippen molar-refractivity contribution < 1.29 is 9.59 Å². The van der Waals surface area contributed by atoms with Crippen molar-refractivity contribution >= 4 is 11.8 Å². The molecule has 0 radical (unpaired) electrons. The molecule has 3 fully saturated rings. The second-order valence-electron chi connectivity index (χ2n) is 7.24. The highest BCUT2D eigenvalue weighted by molar-refractivity contribution is 6.05. The van der Waals surface area contributed by atoms with E-state index in [-0.39, 0.29) is 17.9 Å². The molecule has 2 amide bonds. The van der Waals surface area contributed by atoms with Crippen LogP contribution in [-0.2, 0) is 9.59 Å². The number of rotatable bonds is 3. The molecule has 21 heavy (non-hydrogen) atoms. The molecular formula is C16H27N3O2. The maximum Gasteiger partial charge on any atom is 0.246 e. The second-order valence-corrected chi connectivity index (χ2v) is 7.24. The van der Waals surface area contributed by atoms with E-state index in [4.69, 9.17) is 0 Å². The van der Waals surface area contributed by atoms with E-state index in [1.165, 1.54) is 24.2 Å². The molecule has 3 rings (SSSR count). The van der Waals surface area contributed by atoms with Gasteiger partial charge >= 0.3 is 0 Å². The quantitative estimate of drug-likeness (QED) is 0.784. The standard InChI is InChI=1S/C16H27N3O2/c1-10(2)19-8-11-5-4-6-12(9-19)15(11)17-13-7-14(20)18(3)16(13)21/h10-13,15,17H,4-9H2,1-3H3. The van der Waals surface area contributed by atoms with E-state index in [0.29, 0.717) is 30.3 Å². The number of carbonyl (C=O) groups is 2. The van der Waals surface area contributed by atoms with Crippen molar-refractivity contribution in [1.29, 1.82) is 0 Å². The fourth-order valence-electron chi connectivity index (χ4n) is 4.28. The van der Waals surface area contributed by atoms with Crippen molar-refractivity contribution in [3.63, 3.8) is 0 Å². The Balaban J connectivity index is 1.69. The van der Waals surface area contributed by atoms with Crippen molar-refractivity contribution in [2.75, 3.05) is 20.1 Å². The number of hydrogen-bond acceptors (Lipinski definition) is 4. The van der Waals surface area contributed by atoms with Gasteiger partial charge in [0.15, 0.2) is 0 Å². The summed E-state index contributed by atoms with van der Waals surface area (Å²) in [5.74, 6) is 1.13. The third-order valence-corrected chi connectivity index (χ3v) is 5.61. The number of likely N-dealkylation sites (N-methyl/N-ethyl adjacent to an activating group) is 1. The molecule has 2 aliphatic heterocycles. The Hall–Kier alpha value is -0.940. The number of nitrogens with one attached hydrogen (secondary N) is 1.